The van der Waals surface area contributed by atoms with Crippen LogP contribution in [0.25, 0.3) is 6.08 Å². The van der Waals surface area contributed by atoms with E-state index in [2.05, 4.69) is 0 Å². The molecule has 0 saturated carbocycles. The van der Waals surface area contributed by atoms with Crippen LogP contribution in [0.15, 0.2) is 36.1 Å². The van der Waals surface area contributed by atoms with E-state index in [0.29, 0.717) is 18.6 Å². The minimum absolute atomic E-state index is 0.0524. The molecule has 0 fully saturated rings. The number of likely N-dealkylation sites (N-methyl/N-ethyl adjacent to an activating group) is 1. The van der Waals surface area contributed by atoms with Crippen molar-refractivity contribution in [1.29, 1.82) is 0 Å². The molecular formula is C20H27NO7. The van der Waals surface area contributed by atoms with Crippen molar-refractivity contribution in [3.8, 4) is 5.75 Å². The van der Waals surface area contributed by atoms with E-state index in [1.165, 1.54) is 34.5 Å². The second kappa shape index (κ2) is 12.5. The molecule has 0 heterocycles. The van der Waals surface area contributed by atoms with Crippen molar-refractivity contribution in [3.63, 3.8) is 0 Å². The number of benzene rings is 1. The fourth-order valence-electron chi connectivity index (χ4n) is 2.23. The highest BCUT2D eigenvalue weighted by Gasteiger charge is 2.11. The fraction of sp³-hybridized carbons (Fsp3) is 0.400. The lowest BCUT2D eigenvalue weighted by atomic mass is 10.0. The zero-order valence-corrected chi connectivity index (χ0v) is 16.9. The molecule has 0 spiro atoms. The molecule has 0 bridgehead atoms. The molecule has 0 radical (unpaired) electrons. The summed E-state index contributed by atoms with van der Waals surface area (Å²) in [6.07, 6.45) is 5.86. The lowest BCUT2D eigenvalue weighted by molar-refractivity contribution is -0.162. The Morgan fingerprint density at radius 3 is 2.50 bits per heavy atom. The number of aryl methyl sites for hydroxylation is 1. The second-order valence-electron chi connectivity index (χ2n) is 5.57. The van der Waals surface area contributed by atoms with E-state index >= 15 is 0 Å². The predicted molar refractivity (Wildman–Crippen MR) is 103 cm³/mol. The Bertz CT molecular complexity index is 713. The molecule has 0 atom stereocenters. The quantitative estimate of drug-likeness (QED) is 0.188. The molecule has 0 aliphatic heterocycles. The zero-order valence-electron chi connectivity index (χ0n) is 16.9. The summed E-state index contributed by atoms with van der Waals surface area (Å²) in [6, 6.07) is 5.55. The van der Waals surface area contributed by atoms with Gasteiger partial charge in [0, 0.05) is 20.2 Å². The molecule has 1 aromatic rings. The van der Waals surface area contributed by atoms with Gasteiger partial charge in [0.05, 0.1) is 21.3 Å². The minimum Gasteiger partial charge on any atom is -0.497 e. The number of methoxy groups -OCH3 is 3. The summed E-state index contributed by atoms with van der Waals surface area (Å²) >= 11 is 0. The third kappa shape index (κ3) is 7.42. The summed E-state index contributed by atoms with van der Waals surface area (Å²) in [4.78, 5) is 28.5. The Kier molecular flexibility index (Phi) is 10.4. The van der Waals surface area contributed by atoms with Crippen LogP contribution in [0.3, 0.4) is 0 Å². The van der Waals surface area contributed by atoms with Crippen LogP contribution >= 0.6 is 0 Å². The topological polar surface area (TPSA) is 83.5 Å². The average molecular weight is 393 g/mol. The van der Waals surface area contributed by atoms with E-state index in [9.17, 15) is 9.59 Å². The summed E-state index contributed by atoms with van der Waals surface area (Å²) in [5, 5.41) is 1.12. The molecule has 1 amide bonds. The Labute approximate surface area is 165 Å². The van der Waals surface area contributed by atoms with Gasteiger partial charge in [-0.3, -0.25) is 9.63 Å². The lowest BCUT2D eigenvalue weighted by Crippen LogP contribution is -2.22. The van der Waals surface area contributed by atoms with Gasteiger partial charge in [-0.1, -0.05) is 6.07 Å². The SMILES string of the molecule is COCO/C(=C/CCc1cc(OC)ccc1/C=C/C(=O)N(C)OC)C(=O)OC. The van der Waals surface area contributed by atoms with Crippen molar-refractivity contribution < 1.29 is 33.4 Å². The van der Waals surface area contributed by atoms with Crippen LogP contribution in [0.1, 0.15) is 17.5 Å². The molecular weight excluding hydrogens is 366 g/mol. The molecule has 0 aliphatic rings. The molecule has 1 aromatic carbocycles. The first kappa shape index (κ1) is 23.2. The first-order valence-electron chi connectivity index (χ1n) is 8.53. The number of rotatable bonds is 11. The number of carbonyl (C=O) groups excluding carboxylic acids is 2. The van der Waals surface area contributed by atoms with Crippen molar-refractivity contribution in [2.75, 3.05) is 42.3 Å². The van der Waals surface area contributed by atoms with E-state index in [1.54, 1.807) is 19.3 Å². The van der Waals surface area contributed by atoms with Gasteiger partial charge in [0.2, 0.25) is 5.76 Å². The Morgan fingerprint density at radius 2 is 1.89 bits per heavy atom. The van der Waals surface area contributed by atoms with Gasteiger partial charge in [-0.05, 0) is 48.3 Å². The highest BCUT2D eigenvalue weighted by atomic mass is 16.7. The van der Waals surface area contributed by atoms with Gasteiger partial charge in [-0.2, -0.15) is 0 Å². The molecule has 154 valence electrons. The maximum absolute atomic E-state index is 11.9. The van der Waals surface area contributed by atoms with Gasteiger partial charge in [0.15, 0.2) is 6.79 Å². The smallest absolute Gasteiger partial charge is 0.373 e. The summed E-state index contributed by atoms with van der Waals surface area (Å²) in [5.74, 6) is -0.0809. The van der Waals surface area contributed by atoms with E-state index in [0.717, 1.165) is 16.2 Å². The largest absolute Gasteiger partial charge is 0.497 e. The predicted octanol–water partition coefficient (Wildman–Crippen LogP) is 2.34. The third-order valence-corrected chi connectivity index (χ3v) is 3.80. The Balaban J connectivity index is 2.98. The third-order valence-electron chi connectivity index (χ3n) is 3.80. The van der Waals surface area contributed by atoms with Crippen LogP contribution in [-0.4, -0.2) is 59.2 Å². The maximum Gasteiger partial charge on any atom is 0.373 e. The summed E-state index contributed by atoms with van der Waals surface area (Å²) in [6.45, 7) is -0.0524. The number of nitrogens with zero attached hydrogens (tertiary/aromatic N) is 1. The zero-order chi connectivity index (χ0) is 20.9. The molecule has 0 saturated heterocycles. The van der Waals surface area contributed by atoms with Gasteiger partial charge < -0.3 is 18.9 Å². The normalized spacial score (nSPS) is 11.4. The van der Waals surface area contributed by atoms with E-state index in [-0.39, 0.29) is 18.5 Å². The molecule has 0 aromatic heterocycles. The van der Waals surface area contributed by atoms with Crippen molar-refractivity contribution >= 4 is 18.0 Å². The number of carbonyl (C=O) groups is 2. The summed E-state index contributed by atoms with van der Waals surface area (Å²) < 4.78 is 20.0. The molecule has 8 nitrogen and oxygen atoms in total. The van der Waals surface area contributed by atoms with Crippen LogP contribution in [0.2, 0.25) is 0 Å². The number of ether oxygens (including phenoxy) is 4. The number of hydrogen-bond donors (Lipinski definition) is 0. The Hall–Kier alpha value is -2.84. The molecule has 0 aliphatic carbocycles. The fourth-order valence-corrected chi connectivity index (χ4v) is 2.23. The minimum atomic E-state index is -0.573. The van der Waals surface area contributed by atoms with Crippen LogP contribution in [0, 0.1) is 0 Å². The summed E-state index contributed by atoms with van der Waals surface area (Å²) in [5.41, 5.74) is 1.79. The first-order chi connectivity index (χ1) is 13.5. The van der Waals surface area contributed by atoms with Crippen molar-refractivity contribution in [3.05, 3.63) is 47.2 Å². The second-order valence-corrected chi connectivity index (χ2v) is 5.57. The van der Waals surface area contributed by atoms with Crippen molar-refractivity contribution in [2.45, 2.75) is 12.8 Å². The molecule has 28 heavy (non-hydrogen) atoms. The first-order valence-corrected chi connectivity index (χ1v) is 8.53. The van der Waals surface area contributed by atoms with E-state index < -0.39 is 5.97 Å². The van der Waals surface area contributed by atoms with Crippen LogP contribution in [-0.2, 0) is 35.1 Å². The monoisotopic (exact) mass is 393 g/mol. The highest BCUT2D eigenvalue weighted by molar-refractivity contribution is 5.91. The van der Waals surface area contributed by atoms with Gasteiger partial charge in [-0.15, -0.1) is 0 Å². The lowest BCUT2D eigenvalue weighted by Gasteiger charge is -2.11. The maximum atomic E-state index is 11.9. The molecule has 1 rings (SSSR count). The van der Waals surface area contributed by atoms with Gasteiger partial charge in [0.25, 0.3) is 5.91 Å². The van der Waals surface area contributed by atoms with E-state index in [1.807, 2.05) is 18.2 Å². The average Bonchev–Trinajstić information content (AvgIpc) is 2.73. The van der Waals surface area contributed by atoms with E-state index in [4.69, 9.17) is 23.8 Å². The van der Waals surface area contributed by atoms with Crippen molar-refractivity contribution in [1.82, 2.24) is 5.06 Å². The standard InChI is InChI=1S/C20H27NO7/c1-21(27-5)19(22)12-10-15-9-11-17(25-3)13-16(15)7-6-8-18(20(23)26-4)28-14-24-2/h8-13H,6-7,14H2,1-5H3/b12-10+,18-8+. The number of allylic oxidation sites excluding steroid dienone is 1. The number of hydroxylamine groups is 2. The molecule has 8 heteroatoms. The molecule has 0 N–H and O–H groups in total. The molecule has 0 unspecified atom stereocenters. The van der Waals surface area contributed by atoms with Crippen LogP contribution < -0.4 is 4.74 Å². The number of hydrogen-bond acceptors (Lipinski definition) is 7. The van der Waals surface area contributed by atoms with Crippen LogP contribution in [0.4, 0.5) is 0 Å². The van der Waals surface area contributed by atoms with Crippen molar-refractivity contribution in [2.24, 2.45) is 0 Å². The van der Waals surface area contributed by atoms with Gasteiger partial charge >= 0.3 is 5.97 Å². The van der Waals surface area contributed by atoms with Gasteiger partial charge in [-0.25, -0.2) is 9.86 Å². The summed E-state index contributed by atoms with van der Waals surface area (Å²) in [7, 11) is 7.28. The van der Waals surface area contributed by atoms with Gasteiger partial charge in [0.1, 0.15) is 5.75 Å². The highest BCUT2D eigenvalue weighted by Crippen LogP contribution is 2.21. The number of amides is 1. The number of esters is 1. The Morgan fingerprint density at radius 1 is 1.14 bits per heavy atom. The van der Waals surface area contributed by atoms with Crippen LogP contribution in [0.5, 0.6) is 5.75 Å².